The van der Waals surface area contributed by atoms with Gasteiger partial charge < -0.3 is 59.1 Å². The first-order valence-corrected chi connectivity index (χ1v) is 22.8. The molecule has 0 radical (unpaired) electrons. The van der Waals surface area contributed by atoms with Gasteiger partial charge in [0.15, 0.2) is 11.3 Å². The first kappa shape index (κ1) is 49.8. The summed E-state index contributed by atoms with van der Waals surface area (Å²) in [5.41, 5.74) is -2.06. The topological polar surface area (TPSA) is 251 Å². The van der Waals surface area contributed by atoms with Crippen LogP contribution < -0.4 is 20.4 Å². The van der Waals surface area contributed by atoms with Crippen LogP contribution in [0.25, 0.3) is 33.3 Å². The standard InChI is InChI=1S/C50H62N4O14/c1-24-12-11-13-25(2)48(63)52-39-42(60)35-34(38-44(39)67-33-23-30(22-31(57)37(33)51-38)54-17-15-53(16-18-54)19-20-55)36-43(27(4)41(35)59)68-50(9,46(36)62)65-21-14-32(64-10)26(3)47(66-29(6)56)49(7,8)45(61)28(5)40(24)58/h11-14,21-24,26,28,32,40,45,47,55,57-59,61H,15-20H2,1-10H3,(H,52,63)/b12-11+,21-14+,25-13-/t24-,26+,28+,32-,40-,45+,47+,50-/m0/s1. The van der Waals surface area contributed by atoms with E-state index < -0.39 is 87.9 Å². The second-order valence-electron chi connectivity index (χ2n) is 19.0. The number of ether oxygens (including phenoxy) is 4. The predicted molar refractivity (Wildman–Crippen MR) is 253 cm³/mol. The number of fused-ring (bicyclic) bond motifs is 2. The molecule has 18 nitrogen and oxygen atoms in total. The average molecular weight is 943 g/mol. The van der Waals surface area contributed by atoms with Gasteiger partial charge in [-0.25, -0.2) is 4.98 Å². The Hall–Kier alpha value is -6.05. The fraction of sp³-hybridized carbons (Fsp3) is 0.500. The summed E-state index contributed by atoms with van der Waals surface area (Å²) in [4.78, 5) is 65.3. The lowest BCUT2D eigenvalue weighted by molar-refractivity contribution is -0.174. The lowest BCUT2D eigenvalue weighted by Crippen LogP contribution is -2.53. The molecule has 5 aliphatic rings. The van der Waals surface area contributed by atoms with E-state index in [-0.39, 0.29) is 68.1 Å². The highest BCUT2D eigenvalue weighted by molar-refractivity contribution is 6.22. The molecule has 1 fully saturated rings. The third-order valence-electron chi connectivity index (χ3n) is 13.9. The molecule has 0 unspecified atom stereocenters. The summed E-state index contributed by atoms with van der Waals surface area (Å²) < 4.78 is 30.5. The van der Waals surface area contributed by atoms with Gasteiger partial charge in [0.2, 0.25) is 5.43 Å². The van der Waals surface area contributed by atoms with Crippen LogP contribution in [0.5, 0.6) is 17.2 Å². The number of nitrogens with one attached hydrogen (secondary N) is 1. The van der Waals surface area contributed by atoms with Gasteiger partial charge in [0.25, 0.3) is 11.7 Å². The van der Waals surface area contributed by atoms with E-state index in [2.05, 4.69) is 10.2 Å². The van der Waals surface area contributed by atoms with Crippen molar-refractivity contribution in [2.75, 3.05) is 56.7 Å². The molecule has 2 aromatic carbocycles. The van der Waals surface area contributed by atoms with Crippen LogP contribution in [-0.4, -0.2) is 130 Å². The molecule has 0 spiro atoms. The molecule has 4 bridgehead atoms. The predicted octanol–water partition coefficient (Wildman–Crippen LogP) is 5.16. The van der Waals surface area contributed by atoms with E-state index in [0.717, 1.165) is 0 Å². The van der Waals surface area contributed by atoms with Crippen molar-refractivity contribution in [3.8, 4) is 28.7 Å². The van der Waals surface area contributed by atoms with E-state index >= 15 is 0 Å². The second kappa shape index (κ2) is 19.2. The maximum Gasteiger partial charge on any atom is 0.312 e. The van der Waals surface area contributed by atoms with E-state index in [4.69, 9.17) is 28.3 Å². The summed E-state index contributed by atoms with van der Waals surface area (Å²) in [5.74, 6) is -7.39. The number of anilines is 2. The molecule has 1 saturated heterocycles. The monoisotopic (exact) mass is 942 g/mol. The number of ketones is 1. The van der Waals surface area contributed by atoms with Crippen molar-refractivity contribution in [3.05, 3.63) is 69.6 Å². The smallest absolute Gasteiger partial charge is 0.312 e. The number of carbonyl (C=O) groups is 3. The molecule has 2 aromatic rings. The number of aromatic nitrogens is 1. The molecular formula is C50H62N4O14. The summed E-state index contributed by atoms with van der Waals surface area (Å²) in [6.45, 7) is 17.2. The number of methoxy groups -OCH3 is 1. The van der Waals surface area contributed by atoms with Crippen molar-refractivity contribution in [1.29, 1.82) is 0 Å². The number of amides is 1. The van der Waals surface area contributed by atoms with Gasteiger partial charge in [0.05, 0.1) is 42.1 Å². The number of hydrogen-bond donors (Lipinski definition) is 6. The molecule has 366 valence electrons. The van der Waals surface area contributed by atoms with Gasteiger partial charge in [0.1, 0.15) is 40.3 Å². The van der Waals surface area contributed by atoms with Gasteiger partial charge >= 0.3 is 11.8 Å². The normalized spacial score (nSPS) is 29.1. The molecule has 4 aliphatic heterocycles. The number of nitrogens with zero attached hydrogens (tertiary/aromatic N) is 3. The first-order chi connectivity index (χ1) is 32.1. The minimum absolute atomic E-state index is 0.0147. The molecule has 0 saturated carbocycles. The van der Waals surface area contributed by atoms with Gasteiger partial charge in [-0.15, -0.1) is 0 Å². The zero-order valence-corrected chi connectivity index (χ0v) is 40.1. The van der Waals surface area contributed by atoms with E-state index in [1.165, 1.54) is 59.3 Å². The average Bonchev–Trinajstić information content (AvgIpc) is 3.57. The number of hydrogen-bond acceptors (Lipinski definition) is 17. The molecule has 18 heteroatoms. The Morgan fingerprint density at radius 1 is 0.985 bits per heavy atom. The van der Waals surface area contributed by atoms with Gasteiger partial charge in [-0.2, -0.15) is 0 Å². The van der Waals surface area contributed by atoms with Crippen LogP contribution in [0.4, 0.5) is 11.4 Å². The number of piperazine rings is 1. The number of esters is 1. The summed E-state index contributed by atoms with van der Waals surface area (Å²) in [6.07, 6.45) is 3.26. The lowest BCUT2D eigenvalue weighted by Gasteiger charge is -2.45. The number of allylic oxidation sites excluding steroid dienone is 2. The number of Topliss-reactive ketones (excluding diaryl/α,β-unsaturated/α-hetero) is 1. The number of rotatable bonds is 5. The summed E-state index contributed by atoms with van der Waals surface area (Å²) in [6, 6.07) is 3.18. The highest BCUT2D eigenvalue weighted by Gasteiger charge is 2.51. The Morgan fingerprint density at radius 3 is 2.32 bits per heavy atom. The fourth-order valence-corrected chi connectivity index (χ4v) is 9.80. The van der Waals surface area contributed by atoms with Crippen LogP contribution in [0, 0.1) is 30.1 Å². The Morgan fingerprint density at radius 2 is 1.68 bits per heavy atom. The van der Waals surface area contributed by atoms with Crippen molar-refractivity contribution in [1.82, 2.24) is 9.88 Å². The number of phenolic OH excluding ortho intramolecular Hbond substituents is 2. The number of β-amino-alcohol motifs (C(OH)–C–C–N with tert-alkyl or cyclic N) is 1. The Balaban J connectivity index is 1.44. The van der Waals surface area contributed by atoms with Crippen LogP contribution >= 0.6 is 0 Å². The van der Waals surface area contributed by atoms with Gasteiger partial charge in [-0.1, -0.05) is 52.8 Å². The number of aliphatic hydroxyl groups excluding tert-OH is 3. The van der Waals surface area contributed by atoms with Crippen LogP contribution in [0.2, 0.25) is 0 Å². The maximum atomic E-state index is 14.9. The molecule has 7 rings (SSSR count). The van der Waals surface area contributed by atoms with Crippen molar-refractivity contribution < 1.29 is 63.3 Å². The molecule has 6 N–H and O–H groups in total. The highest BCUT2D eigenvalue weighted by atomic mass is 16.7. The first-order valence-electron chi connectivity index (χ1n) is 22.8. The third-order valence-corrected chi connectivity index (χ3v) is 13.9. The minimum Gasteiger partial charge on any atom is -0.507 e. The molecule has 8 atom stereocenters. The van der Waals surface area contributed by atoms with Crippen LogP contribution in [-0.2, 0) is 23.8 Å². The number of aliphatic hydroxyl groups is 3. The Labute approximate surface area is 393 Å². The molecular weight excluding hydrogens is 881 g/mol. The summed E-state index contributed by atoms with van der Waals surface area (Å²) >= 11 is 0. The SMILES string of the molecule is CO[C@H]1/C=C/O[C@@]2(C)Oc3c(C)c(O)c4c(=O)c(c5oc6cc(N7CCN(CCO)CC7)cc(O)c6nc-5c4c3C2=O)NC(=O)/C(C)=C\C=C\[C@H](C)[C@H](O)[C@@H](C)[C@@H](O)C(C)(C)[C@H](OC(C)=O)[C@@H]1C. The lowest BCUT2D eigenvalue weighted by atomic mass is 9.69. The van der Waals surface area contributed by atoms with Gasteiger partial charge in [-0.3, -0.25) is 24.1 Å². The third kappa shape index (κ3) is 8.91. The summed E-state index contributed by atoms with van der Waals surface area (Å²) in [7, 11) is 1.43. The highest BCUT2D eigenvalue weighted by Crippen LogP contribution is 2.51. The maximum absolute atomic E-state index is 14.9. The molecule has 1 aliphatic carbocycles. The number of phenols is 2. The summed E-state index contributed by atoms with van der Waals surface area (Å²) in [5, 5.41) is 58.4. The van der Waals surface area contributed by atoms with E-state index in [1.54, 1.807) is 52.8 Å². The zero-order chi connectivity index (χ0) is 49.7. The number of benzene rings is 3. The Kier molecular flexibility index (Phi) is 14.0. The van der Waals surface area contributed by atoms with E-state index in [1.807, 2.05) is 4.90 Å². The van der Waals surface area contributed by atoms with Gasteiger partial charge in [-0.05, 0) is 19.9 Å². The second-order valence-corrected chi connectivity index (χ2v) is 19.0. The van der Waals surface area contributed by atoms with Crippen molar-refractivity contribution in [2.24, 2.45) is 23.2 Å². The quantitative estimate of drug-likeness (QED) is 0.0859. The largest absolute Gasteiger partial charge is 0.507 e. The Bertz CT molecular complexity index is 2750. The zero-order valence-electron chi connectivity index (χ0n) is 40.1. The molecule has 0 aromatic heterocycles. The minimum atomic E-state index is -2.10. The van der Waals surface area contributed by atoms with Gasteiger partial charge in [0, 0.05) is 111 Å². The number of aromatic hydroxyl groups is 2. The van der Waals surface area contributed by atoms with E-state index in [0.29, 0.717) is 38.4 Å². The van der Waals surface area contributed by atoms with Crippen molar-refractivity contribution >= 4 is 50.9 Å². The van der Waals surface area contributed by atoms with Crippen LogP contribution in [0.1, 0.15) is 71.3 Å². The van der Waals surface area contributed by atoms with Crippen molar-refractivity contribution in [3.63, 3.8) is 0 Å². The van der Waals surface area contributed by atoms with Crippen molar-refractivity contribution in [2.45, 2.75) is 92.5 Å². The number of carbonyl (C=O) groups excluding carboxylic acids is 3. The van der Waals surface area contributed by atoms with Crippen LogP contribution in [0.3, 0.4) is 0 Å². The molecule has 1 amide bonds. The van der Waals surface area contributed by atoms with E-state index in [9.17, 15) is 44.7 Å². The van der Waals surface area contributed by atoms with Crippen LogP contribution in [0.15, 0.2) is 57.5 Å². The molecule has 4 heterocycles. The molecule has 68 heavy (non-hydrogen) atoms. The fourth-order valence-electron chi connectivity index (χ4n) is 9.80.